The van der Waals surface area contributed by atoms with Gasteiger partial charge in [-0.05, 0) is 18.9 Å². The number of hydrogen-bond acceptors (Lipinski definition) is 5. The first-order valence-corrected chi connectivity index (χ1v) is 7.25. The van der Waals surface area contributed by atoms with Gasteiger partial charge in [-0.1, -0.05) is 0 Å². The molecule has 0 aliphatic carbocycles. The largest absolute Gasteiger partial charge is 0.489 e. The second kappa shape index (κ2) is 8.58. The fraction of sp³-hybridized carbons (Fsp3) is 0.111. The van der Waals surface area contributed by atoms with Gasteiger partial charge in [-0.2, -0.15) is 0 Å². The molecule has 0 unspecified atom stereocenters. The van der Waals surface area contributed by atoms with Crippen LogP contribution < -0.4 is 15.2 Å². The molecule has 2 N–H and O–H groups in total. The van der Waals surface area contributed by atoms with Gasteiger partial charge in [0, 0.05) is 49.3 Å². The van der Waals surface area contributed by atoms with E-state index in [9.17, 15) is 8.78 Å². The average Bonchev–Trinajstić information content (AvgIpc) is 2.56. The summed E-state index contributed by atoms with van der Waals surface area (Å²) in [6.45, 7) is 3.48. The molecule has 2 aromatic rings. The number of anilines is 1. The van der Waals surface area contributed by atoms with Crippen LogP contribution in [-0.4, -0.2) is 26.6 Å². The van der Waals surface area contributed by atoms with E-state index in [1.165, 1.54) is 30.5 Å². The molecule has 0 saturated heterocycles. The van der Waals surface area contributed by atoms with E-state index in [2.05, 4.69) is 16.7 Å². The number of halogens is 2. The molecule has 0 bridgehead atoms. The monoisotopic (exact) mass is 345 g/mol. The lowest BCUT2D eigenvalue weighted by Gasteiger charge is -2.10. The van der Waals surface area contributed by atoms with Crippen molar-refractivity contribution in [3.63, 3.8) is 0 Å². The smallest absolute Gasteiger partial charge is 0.149 e. The van der Waals surface area contributed by atoms with Crippen molar-refractivity contribution >= 4 is 18.6 Å². The van der Waals surface area contributed by atoms with Crippen LogP contribution in [0.25, 0.3) is 0 Å². The van der Waals surface area contributed by atoms with E-state index in [0.717, 1.165) is 12.1 Å². The first-order chi connectivity index (χ1) is 12.0. The van der Waals surface area contributed by atoms with E-state index < -0.39 is 11.6 Å². The number of benzene rings is 2. The maximum absolute atomic E-state index is 13.8. The van der Waals surface area contributed by atoms with Crippen molar-refractivity contribution in [2.24, 2.45) is 9.98 Å². The van der Waals surface area contributed by atoms with Crippen LogP contribution in [0.4, 0.5) is 14.5 Å². The molecule has 7 heteroatoms. The second-order valence-corrected chi connectivity index (χ2v) is 4.97. The van der Waals surface area contributed by atoms with E-state index in [4.69, 9.17) is 15.2 Å². The Morgan fingerprint density at radius 3 is 2.60 bits per heavy atom. The Hall–Kier alpha value is -3.22. The molecule has 2 rings (SSSR count). The molecular formula is C18H17F2N3O2. The van der Waals surface area contributed by atoms with Crippen LogP contribution in [0.2, 0.25) is 0 Å². The molecule has 0 aliphatic rings. The summed E-state index contributed by atoms with van der Waals surface area (Å²) in [6.07, 6.45) is 3.05. The van der Waals surface area contributed by atoms with Gasteiger partial charge in [0.1, 0.15) is 35.5 Å². The van der Waals surface area contributed by atoms with Crippen LogP contribution in [0.5, 0.6) is 17.2 Å². The fourth-order valence-electron chi connectivity index (χ4n) is 1.94. The molecule has 0 fully saturated rings. The van der Waals surface area contributed by atoms with Gasteiger partial charge in [0.15, 0.2) is 0 Å². The maximum atomic E-state index is 13.8. The lowest BCUT2D eigenvalue weighted by Crippen LogP contribution is -2.03. The van der Waals surface area contributed by atoms with Crippen LogP contribution in [0.3, 0.4) is 0 Å². The number of hydrogen-bond donors (Lipinski definition) is 1. The highest BCUT2D eigenvalue weighted by molar-refractivity contribution is 5.78. The number of ether oxygens (including phenoxy) is 2. The topological polar surface area (TPSA) is 69.2 Å². The van der Waals surface area contributed by atoms with Gasteiger partial charge in [-0.3, -0.25) is 9.98 Å². The van der Waals surface area contributed by atoms with Gasteiger partial charge >= 0.3 is 0 Å². The summed E-state index contributed by atoms with van der Waals surface area (Å²) in [5.74, 6) is -0.574. The lowest BCUT2D eigenvalue weighted by atomic mass is 10.2. The molecule has 0 amide bonds. The van der Waals surface area contributed by atoms with Crippen LogP contribution >= 0.6 is 0 Å². The summed E-state index contributed by atoms with van der Waals surface area (Å²) >= 11 is 0. The summed E-state index contributed by atoms with van der Waals surface area (Å²) in [4.78, 5) is 7.51. The van der Waals surface area contributed by atoms with Crippen molar-refractivity contribution in [1.82, 2.24) is 0 Å². The number of aliphatic imine (C=N–C) groups is 2. The minimum atomic E-state index is -0.615. The third-order valence-electron chi connectivity index (χ3n) is 3.01. The third kappa shape index (κ3) is 5.42. The Labute approximate surface area is 144 Å². The van der Waals surface area contributed by atoms with E-state index >= 15 is 0 Å². The van der Waals surface area contributed by atoms with Gasteiger partial charge in [0.25, 0.3) is 0 Å². The van der Waals surface area contributed by atoms with Crippen LogP contribution in [-0.2, 0) is 0 Å². The summed E-state index contributed by atoms with van der Waals surface area (Å²) in [5, 5.41) is 0. The van der Waals surface area contributed by atoms with E-state index in [-0.39, 0.29) is 29.5 Å². The van der Waals surface area contributed by atoms with Gasteiger partial charge in [-0.15, -0.1) is 0 Å². The van der Waals surface area contributed by atoms with Crippen molar-refractivity contribution in [2.45, 2.75) is 0 Å². The molecule has 130 valence electrons. The summed E-state index contributed by atoms with van der Waals surface area (Å²) in [6, 6.07) is 7.83. The Bertz CT molecular complexity index is 820. The minimum Gasteiger partial charge on any atom is -0.489 e. The molecule has 0 heterocycles. The summed E-state index contributed by atoms with van der Waals surface area (Å²) < 4.78 is 38.2. The predicted molar refractivity (Wildman–Crippen MR) is 94.8 cm³/mol. The third-order valence-corrected chi connectivity index (χ3v) is 3.01. The van der Waals surface area contributed by atoms with Crippen LogP contribution in [0.1, 0.15) is 0 Å². The SMILES string of the molecule is C=N/C=C(\C=NC)COc1cc(F)cc(Oc2ccc(N)c(F)c2)c1. The summed E-state index contributed by atoms with van der Waals surface area (Å²) in [7, 11) is 1.61. The van der Waals surface area contributed by atoms with Crippen molar-refractivity contribution in [3.8, 4) is 17.2 Å². The molecule has 2 aromatic carbocycles. The van der Waals surface area contributed by atoms with Gasteiger partial charge in [0.2, 0.25) is 0 Å². The highest BCUT2D eigenvalue weighted by Crippen LogP contribution is 2.28. The molecule has 0 atom stereocenters. The van der Waals surface area contributed by atoms with Crippen LogP contribution in [0, 0.1) is 11.6 Å². The average molecular weight is 345 g/mol. The van der Waals surface area contributed by atoms with Gasteiger partial charge in [0.05, 0.1) is 5.69 Å². The molecular weight excluding hydrogens is 328 g/mol. The number of rotatable bonds is 7. The predicted octanol–water partition coefficient (Wildman–Crippen LogP) is 4.00. The van der Waals surface area contributed by atoms with Crippen molar-refractivity contribution in [2.75, 3.05) is 19.4 Å². The molecule has 25 heavy (non-hydrogen) atoms. The molecule has 0 radical (unpaired) electrons. The highest BCUT2D eigenvalue weighted by atomic mass is 19.1. The highest BCUT2D eigenvalue weighted by Gasteiger charge is 2.07. The van der Waals surface area contributed by atoms with Crippen LogP contribution in [0.15, 0.2) is 58.2 Å². The van der Waals surface area contributed by atoms with E-state index in [1.807, 2.05) is 0 Å². The molecule has 5 nitrogen and oxygen atoms in total. The number of nitrogens with two attached hydrogens (primary N) is 1. The summed E-state index contributed by atoms with van der Waals surface area (Å²) in [5.41, 5.74) is 6.07. The van der Waals surface area contributed by atoms with E-state index in [1.54, 1.807) is 13.3 Å². The standard InChI is InChI=1S/C18H17F2N3O2/c1-22-9-12(10-23-2)11-24-15-5-13(19)6-16(7-15)25-14-3-4-18(21)17(20)8-14/h3-10H,1,11,21H2,2H3/b12-9+,23-10?. The van der Waals surface area contributed by atoms with E-state index in [0.29, 0.717) is 5.57 Å². The number of nitrogen functional groups attached to an aromatic ring is 1. The van der Waals surface area contributed by atoms with Gasteiger partial charge < -0.3 is 15.2 Å². The van der Waals surface area contributed by atoms with Crippen molar-refractivity contribution in [3.05, 3.63) is 59.8 Å². The first kappa shape index (κ1) is 18.1. The Kier molecular flexibility index (Phi) is 6.22. The fourth-order valence-corrected chi connectivity index (χ4v) is 1.94. The Balaban J connectivity index is 2.15. The molecule has 0 aromatic heterocycles. The molecule has 0 saturated carbocycles. The zero-order chi connectivity index (χ0) is 18.2. The normalized spacial score (nSPS) is 11.6. The number of nitrogens with zero attached hydrogens (tertiary/aromatic N) is 2. The maximum Gasteiger partial charge on any atom is 0.149 e. The zero-order valence-corrected chi connectivity index (χ0v) is 13.6. The van der Waals surface area contributed by atoms with Gasteiger partial charge in [-0.25, -0.2) is 8.78 Å². The molecule has 0 spiro atoms. The molecule has 0 aliphatic heterocycles. The second-order valence-electron chi connectivity index (χ2n) is 4.97. The first-order valence-electron chi connectivity index (χ1n) is 7.25. The quantitative estimate of drug-likeness (QED) is 0.609. The lowest BCUT2D eigenvalue weighted by molar-refractivity contribution is 0.352. The Morgan fingerprint density at radius 1 is 1.16 bits per heavy atom. The van der Waals surface area contributed by atoms with Crippen molar-refractivity contribution in [1.29, 1.82) is 0 Å². The minimum absolute atomic E-state index is 0.00310. The van der Waals surface area contributed by atoms with Crippen molar-refractivity contribution < 1.29 is 18.3 Å². The zero-order valence-electron chi connectivity index (χ0n) is 13.6. The Morgan fingerprint density at radius 2 is 1.92 bits per heavy atom.